The summed E-state index contributed by atoms with van der Waals surface area (Å²) in [6.45, 7) is 4.45. The summed E-state index contributed by atoms with van der Waals surface area (Å²) in [6.07, 6.45) is 3.69. The third-order valence-corrected chi connectivity index (χ3v) is 4.38. The number of nitrogens with zero attached hydrogens (tertiary/aromatic N) is 2. The first-order valence-corrected chi connectivity index (χ1v) is 8.94. The number of carbonyl (C=O) groups is 1. The van der Waals surface area contributed by atoms with Gasteiger partial charge in [-0.1, -0.05) is 11.2 Å². The van der Waals surface area contributed by atoms with Crippen LogP contribution in [0.1, 0.15) is 28.1 Å². The SMILES string of the molecule is COc1cc(CNC(=O)Cc2c(C)noc2C)ccc1OCc1ccncc1. The van der Waals surface area contributed by atoms with Gasteiger partial charge >= 0.3 is 0 Å². The average Bonchev–Trinajstić information content (AvgIpc) is 3.03. The summed E-state index contributed by atoms with van der Waals surface area (Å²) in [5.74, 6) is 1.84. The number of hydrogen-bond acceptors (Lipinski definition) is 6. The molecule has 0 saturated heterocycles. The number of amides is 1. The zero-order chi connectivity index (χ0) is 19.9. The number of hydrogen-bond donors (Lipinski definition) is 1. The van der Waals surface area contributed by atoms with Gasteiger partial charge in [0.05, 0.1) is 19.2 Å². The van der Waals surface area contributed by atoms with Crippen LogP contribution in [0.5, 0.6) is 11.5 Å². The second-order valence-electron chi connectivity index (χ2n) is 6.39. The molecule has 0 atom stereocenters. The van der Waals surface area contributed by atoms with Crippen molar-refractivity contribution in [3.63, 3.8) is 0 Å². The van der Waals surface area contributed by atoms with Gasteiger partial charge in [0.2, 0.25) is 5.91 Å². The van der Waals surface area contributed by atoms with E-state index in [9.17, 15) is 4.79 Å². The molecule has 2 heterocycles. The molecule has 7 nitrogen and oxygen atoms in total. The van der Waals surface area contributed by atoms with Crippen molar-refractivity contribution >= 4 is 5.91 Å². The fourth-order valence-corrected chi connectivity index (χ4v) is 2.76. The molecule has 0 aliphatic carbocycles. The smallest absolute Gasteiger partial charge is 0.224 e. The van der Waals surface area contributed by atoms with Crippen LogP contribution in [0.2, 0.25) is 0 Å². The maximum absolute atomic E-state index is 12.2. The molecule has 0 fully saturated rings. The second kappa shape index (κ2) is 9.03. The lowest BCUT2D eigenvalue weighted by Gasteiger charge is -2.13. The minimum absolute atomic E-state index is 0.0913. The van der Waals surface area contributed by atoms with Gasteiger partial charge in [0.15, 0.2) is 11.5 Å². The molecule has 7 heteroatoms. The molecule has 28 heavy (non-hydrogen) atoms. The minimum Gasteiger partial charge on any atom is -0.493 e. The molecular weight excluding hydrogens is 358 g/mol. The molecule has 0 spiro atoms. The molecule has 0 aliphatic heterocycles. The lowest BCUT2D eigenvalue weighted by molar-refractivity contribution is -0.120. The Labute approximate surface area is 163 Å². The summed E-state index contributed by atoms with van der Waals surface area (Å²) in [5, 5.41) is 6.78. The molecular formula is C21H23N3O4. The van der Waals surface area contributed by atoms with Gasteiger partial charge in [-0.2, -0.15) is 0 Å². The highest BCUT2D eigenvalue weighted by molar-refractivity contribution is 5.79. The normalized spacial score (nSPS) is 10.5. The Morgan fingerprint density at radius 1 is 1.11 bits per heavy atom. The molecule has 0 aliphatic rings. The number of carbonyl (C=O) groups excluding carboxylic acids is 1. The van der Waals surface area contributed by atoms with Crippen LogP contribution in [-0.2, 0) is 24.4 Å². The summed E-state index contributed by atoms with van der Waals surface area (Å²) in [7, 11) is 1.59. The van der Waals surface area contributed by atoms with Crippen LogP contribution in [0.15, 0.2) is 47.2 Å². The first-order valence-electron chi connectivity index (χ1n) is 8.94. The van der Waals surface area contributed by atoms with E-state index in [1.807, 2.05) is 37.3 Å². The quantitative estimate of drug-likeness (QED) is 0.645. The number of pyridine rings is 1. The van der Waals surface area contributed by atoms with E-state index in [1.54, 1.807) is 26.4 Å². The standard InChI is InChI=1S/C21H23N3O4/c1-14-18(15(2)28-24-14)11-21(25)23-12-17-4-5-19(20(10-17)26-3)27-13-16-6-8-22-9-7-16/h4-10H,11-13H2,1-3H3,(H,23,25). The Balaban J connectivity index is 1.58. The predicted octanol–water partition coefficient (Wildman–Crippen LogP) is 3.13. The first-order chi connectivity index (χ1) is 13.6. The van der Waals surface area contributed by atoms with Gasteiger partial charge in [0.25, 0.3) is 0 Å². The lowest BCUT2D eigenvalue weighted by atomic mass is 10.1. The van der Waals surface area contributed by atoms with E-state index >= 15 is 0 Å². The Hall–Kier alpha value is -3.35. The highest BCUT2D eigenvalue weighted by Gasteiger charge is 2.13. The van der Waals surface area contributed by atoms with Crippen LogP contribution >= 0.6 is 0 Å². The van der Waals surface area contributed by atoms with Crippen molar-refractivity contribution in [3.8, 4) is 11.5 Å². The zero-order valence-electron chi connectivity index (χ0n) is 16.2. The largest absolute Gasteiger partial charge is 0.493 e. The summed E-state index contributed by atoms with van der Waals surface area (Å²) < 4.78 is 16.4. The third-order valence-electron chi connectivity index (χ3n) is 4.38. The number of ether oxygens (including phenoxy) is 2. The minimum atomic E-state index is -0.0913. The van der Waals surface area contributed by atoms with Gasteiger partial charge in [0, 0.05) is 24.5 Å². The molecule has 0 bridgehead atoms. The van der Waals surface area contributed by atoms with Crippen molar-refractivity contribution in [1.82, 2.24) is 15.5 Å². The van der Waals surface area contributed by atoms with E-state index in [4.69, 9.17) is 14.0 Å². The van der Waals surface area contributed by atoms with Crippen LogP contribution in [0.25, 0.3) is 0 Å². The molecule has 3 aromatic rings. The number of rotatable bonds is 8. The molecule has 0 unspecified atom stereocenters. The van der Waals surface area contributed by atoms with Crippen molar-refractivity contribution in [2.24, 2.45) is 0 Å². The van der Waals surface area contributed by atoms with Gasteiger partial charge in [-0.3, -0.25) is 9.78 Å². The second-order valence-corrected chi connectivity index (χ2v) is 6.39. The predicted molar refractivity (Wildman–Crippen MR) is 103 cm³/mol. The first kappa shape index (κ1) is 19.4. The zero-order valence-corrected chi connectivity index (χ0v) is 16.2. The van der Waals surface area contributed by atoms with E-state index in [-0.39, 0.29) is 12.3 Å². The van der Waals surface area contributed by atoms with Crippen LogP contribution in [0.4, 0.5) is 0 Å². The number of aryl methyl sites for hydroxylation is 2. The fourth-order valence-electron chi connectivity index (χ4n) is 2.76. The van der Waals surface area contributed by atoms with Gasteiger partial charge < -0.3 is 19.3 Å². The number of benzene rings is 1. The summed E-state index contributed by atoms with van der Waals surface area (Å²) >= 11 is 0. The van der Waals surface area contributed by atoms with Crippen LogP contribution in [0.3, 0.4) is 0 Å². The third kappa shape index (κ3) is 4.88. The molecule has 0 saturated carbocycles. The maximum atomic E-state index is 12.2. The van der Waals surface area contributed by atoms with Gasteiger partial charge in [0.1, 0.15) is 12.4 Å². The van der Waals surface area contributed by atoms with Crippen molar-refractivity contribution < 1.29 is 18.8 Å². The van der Waals surface area contributed by atoms with E-state index in [0.29, 0.717) is 30.4 Å². The molecule has 146 valence electrons. The highest BCUT2D eigenvalue weighted by atomic mass is 16.5. The van der Waals surface area contributed by atoms with Crippen molar-refractivity contribution in [3.05, 3.63) is 70.9 Å². The molecule has 3 rings (SSSR count). The Morgan fingerprint density at radius 2 is 1.89 bits per heavy atom. The summed E-state index contributed by atoms with van der Waals surface area (Å²) in [5.41, 5.74) is 3.51. The van der Waals surface area contributed by atoms with Crippen molar-refractivity contribution in [2.45, 2.75) is 33.4 Å². The van der Waals surface area contributed by atoms with Crippen LogP contribution < -0.4 is 14.8 Å². The summed E-state index contributed by atoms with van der Waals surface area (Å²) in [4.78, 5) is 16.2. The van der Waals surface area contributed by atoms with E-state index in [2.05, 4.69) is 15.5 Å². The number of methoxy groups -OCH3 is 1. The molecule has 1 N–H and O–H groups in total. The highest BCUT2D eigenvalue weighted by Crippen LogP contribution is 2.28. The molecule has 1 amide bonds. The number of nitrogens with one attached hydrogen (secondary N) is 1. The van der Waals surface area contributed by atoms with E-state index in [1.165, 1.54) is 0 Å². The van der Waals surface area contributed by atoms with Crippen LogP contribution in [-0.4, -0.2) is 23.2 Å². The maximum Gasteiger partial charge on any atom is 0.224 e. The Kier molecular flexibility index (Phi) is 6.26. The topological polar surface area (TPSA) is 86.5 Å². The average molecular weight is 381 g/mol. The van der Waals surface area contributed by atoms with Crippen LogP contribution in [0, 0.1) is 13.8 Å². The van der Waals surface area contributed by atoms with Gasteiger partial charge in [-0.25, -0.2) is 0 Å². The lowest BCUT2D eigenvalue weighted by Crippen LogP contribution is -2.25. The van der Waals surface area contributed by atoms with Crippen molar-refractivity contribution in [1.29, 1.82) is 0 Å². The Morgan fingerprint density at radius 3 is 2.57 bits per heavy atom. The molecule has 2 aromatic heterocycles. The van der Waals surface area contributed by atoms with Crippen molar-refractivity contribution in [2.75, 3.05) is 7.11 Å². The van der Waals surface area contributed by atoms with Gasteiger partial charge in [-0.05, 0) is 49.2 Å². The monoisotopic (exact) mass is 381 g/mol. The van der Waals surface area contributed by atoms with Gasteiger partial charge in [-0.15, -0.1) is 0 Å². The molecule has 1 aromatic carbocycles. The summed E-state index contributed by atoms with van der Waals surface area (Å²) in [6, 6.07) is 9.40. The van der Waals surface area contributed by atoms with E-state index < -0.39 is 0 Å². The number of aromatic nitrogens is 2. The molecule has 0 radical (unpaired) electrons. The Bertz CT molecular complexity index is 919. The fraction of sp³-hybridized carbons (Fsp3) is 0.286. The van der Waals surface area contributed by atoms with E-state index in [0.717, 1.165) is 22.4 Å².